The number of rotatable bonds is 5. The van der Waals surface area contributed by atoms with Gasteiger partial charge in [-0.15, -0.1) is 0 Å². The van der Waals surface area contributed by atoms with Gasteiger partial charge in [0.2, 0.25) is 0 Å². The first kappa shape index (κ1) is 14.4. The topological polar surface area (TPSA) is 17.1 Å². The fraction of sp³-hybridized carbons (Fsp3) is 0.250. The SMILES string of the molecule is CC(C)CSP(=O)(c1ccccc1)c1ccccc1. The smallest absolute Gasteiger partial charge is 0.195 e. The second kappa shape index (κ2) is 6.45. The summed E-state index contributed by atoms with van der Waals surface area (Å²) in [6.07, 6.45) is -2.56. The molecular formula is C16H19OPS. The average molecular weight is 290 g/mol. The Labute approximate surface area is 119 Å². The largest absolute Gasteiger partial charge is 0.302 e. The summed E-state index contributed by atoms with van der Waals surface area (Å²) in [7, 11) is 0. The Morgan fingerprint density at radius 2 is 1.32 bits per heavy atom. The van der Waals surface area contributed by atoms with E-state index in [1.165, 1.54) is 0 Å². The Bertz CT molecular complexity index is 508. The Kier molecular flexibility index (Phi) is 4.90. The van der Waals surface area contributed by atoms with Gasteiger partial charge < -0.3 is 4.57 Å². The van der Waals surface area contributed by atoms with Crippen LogP contribution in [0.2, 0.25) is 0 Å². The normalized spacial score (nSPS) is 11.7. The van der Waals surface area contributed by atoms with E-state index in [1.807, 2.05) is 60.7 Å². The van der Waals surface area contributed by atoms with E-state index in [0.29, 0.717) is 5.92 Å². The van der Waals surface area contributed by atoms with Gasteiger partial charge in [-0.05, 0) is 5.92 Å². The van der Waals surface area contributed by atoms with Crippen LogP contribution in [0.3, 0.4) is 0 Å². The van der Waals surface area contributed by atoms with Gasteiger partial charge in [0.25, 0.3) is 0 Å². The number of hydrogen-bond donors (Lipinski definition) is 0. The third-order valence-electron chi connectivity index (χ3n) is 2.78. The fourth-order valence-electron chi connectivity index (χ4n) is 1.80. The summed E-state index contributed by atoms with van der Waals surface area (Å²) < 4.78 is 13.5. The highest BCUT2D eigenvalue weighted by Crippen LogP contribution is 2.56. The van der Waals surface area contributed by atoms with Crippen molar-refractivity contribution in [3.05, 3.63) is 60.7 Å². The van der Waals surface area contributed by atoms with Crippen LogP contribution in [-0.4, -0.2) is 5.75 Å². The van der Waals surface area contributed by atoms with Gasteiger partial charge in [-0.2, -0.15) is 0 Å². The summed E-state index contributed by atoms with van der Waals surface area (Å²) in [6.45, 7) is 4.32. The molecule has 0 heterocycles. The molecule has 2 aromatic carbocycles. The third kappa shape index (κ3) is 3.52. The second-order valence-corrected chi connectivity index (χ2v) is 9.96. The van der Waals surface area contributed by atoms with E-state index in [-0.39, 0.29) is 0 Å². The predicted molar refractivity (Wildman–Crippen MR) is 87.1 cm³/mol. The van der Waals surface area contributed by atoms with Gasteiger partial charge in [0.1, 0.15) is 0 Å². The molecule has 100 valence electrons. The minimum absolute atomic E-state index is 0.533. The molecule has 0 radical (unpaired) electrons. The fourth-order valence-corrected chi connectivity index (χ4v) is 7.18. The average Bonchev–Trinajstić information content (AvgIpc) is 2.46. The van der Waals surface area contributed by atoms with Gasteiger partial charge >= 0.3 is 0 Å². The Balaban J connectivity index is 2.42. The van der Waals surface area contributed by atoms with Gasteiger partial charge in [0, 0.05) is 16.4 Å². The molecule has 0 unspecified atom stereocenters. The molecule has 0 bridgehead atoms. The van der Waals surface area contributed by atoms with Crippen molar-refractivity contribution in [2.45, 2.75) is 13.8 Å². The van der Waals surface area contributed by atoms with Crippen molar-refractivity contribution in [1.29, 1.82) is 0 Å². The molecule has 19 heavy (non-hydrogen) atoms. The summed E-state index contributed by atoms with van der Waals surface area (Å²) >= 11 is 1.59. The summed E-state index contributed by atoms with van der Waals surface area (Å²) in [5.41, 5.74) is 0. The highest BCUT2D eigenvalue weighted by molar-refractivity contribution is 8.62. The summed E-state index contributed by atoms with van der Waals surface area (Å²) in [5, 5.41) is 1.87. The van der Waals surface area contributed by atoms with Crippen LogP contribution >= 0.6 is 17.7 Å². The molecule has 1 nitrogen and oxygen atoms in total. The summed E-state index contributed by atoms with van der Waals surface area (Å²) in [5.74, 6) is 1.44. The van der Waals surface area contributed by atoms with Gasteiger partial charge in [0.05, 0.1) is 0 Å². The van der Waals surface area contributed by atoms with Crippen LogP contribution in [0.4, 0.5) is 0 Å². The van der Waals surface area contributed by atoms with Crippen molar-refractivity contribution < 1.29 is 4.57 Å². The molecular weight excluding hydrogens is 271 g/mol. The first-order valence-electron chi connectivity index (χ1n) is 6.49. The number of benzene rings is 2. The van der Waals surface area contributed by atoms with Crippen LogP contribution in [0.1, 0.15) is 13.8 Å². The molecule has 3 heteroatoms. The zero-order valence-corrected chi connectivity index (χ0v) is 13.0. The second-order valence-electron chi connectivity index (χ2n) is 4.91. The van der Waals surface area contributed by atoms with E-state index in [2.05, 4.69) is 13.8 Å². The van der Waals surface area contributed by atoms with Crippen LogP contribution in [0.5, 0.6) is 0 Å². The van der Waals surface area contributed by atoms with Gasteiger partial charge in [-0.1, -0.05) is 85.9 Å². The molecule has 2 rings (SSSR count). The van der Waals surface area contributed by atoms with Crippen molar-refractivity contribution in [3.63, 3.8) is 0 Å². The molecule has 0 saturated heterocycles. The highest BCUT2D eigenvalue weighted by atomic mass is 32.7. The molecule has 0 aliphatic heterocycles. The maximum atomic E-state index is 13.5. The van der Waals surface area contributed by atoms with Gasteiger partial charge in [-0.25, -0.2) is 0 Å². The molecule has 0 amide bonds. The van der Waals surface area contributed by atoms with Crippen LogP contribution in [0.15, 0.2) is 60.7 Å². The van der Waals surface area contributed by atoms with E-state index >= 15 is 0 Å². The van der Waals surface area contributed by atoms with Crippen molar-refractivity contribution in [2.75, 3.05) is 5.75 Å². The number of hydrogen-bond acceptors (Lipinski definition) is 2. The predicted octanol–water partition coefficient (Wildman–Crippen LogP) is 4.30. The minimum atomic E-state index is -2.56. The molecule has 0 aromatic heterocycles. The molecule has 0 spiro atoms. The molecule has 0 fully saturated rings. The van der Waals surface area contributed by atoms with Crippen LogP contribution in [0.25, 0.3) is 0 Å². The lowest BCUT2D eigenvalue weighted by atomic mass is 10.3. The van der Waals surface area contributed by atoms with Crippen molar-refractivity contribution in [3.8, 4) is 0 Å². The molecule has 0 atom stereocenters. The van der Waals surface area contributed by atoms with E-state index in [0.717, 1.165) is 16.4 Å². The third-order valence-corrected chi connectivity index (χ3v) is 8.72. The summed E-state index contributed by atoms with van der Waals surface area (Å²) in [4.78, 5) is 0. The maximum absolute atomic E-state index is 13.5. The quantitative estimate of drug-likeness (QED) is 0.763. The van der Waals surface area contributed by atoms with Crippen molar-refractivity contribution in [2.24, 2.45) is 5.92 Å². The van der Waals surface area contributed by atoms with E-state index in [1.54, 1.807) is 11.4 Å². The highest BCUT2D eigenvalue weighted by Gasteiger charge is 2.27. The van der Waals surface area contributed by atoms with E-state index < -0.39 is 6.34 Å². The van der Waals surface area contributed by atoms with Crippen LogP contribution < -0.4 is 10.6 Å². The monoisotopic (exact) mass is 290 g/mol. The lowest BCUT2D eigenvalue weighted by molar-refractivity contribution is 0.595. The maximum Gasteiger partial charge on any atom is 0.195 e. The van der Waals surface area contributed by atoms with Crippen LogP contribution in [0, 0.1) is 5.92 Å². The minimum Gasteiger partial charge on any atom is -0.302 e. The summed E-state index contributed by atoms with van der Waals surface area (Å²) in [6, 6.07) is 19.7. The standard InChI is InChI=1S/C16H19OPS/c1-14(2)13-19-18(17,15-9-5-3-6-10-15)16-11-7-4-8-12-16/h3-12,14H,13H2,1-2H3. The Morgan fingerprint density at radius 1 is 0.895 bits per heavy atom. The molecule has 0 saturated carbocycles. The van der Waals surface area contributed by atoms with Gasteiger partial charge in [-0.3, -0.25) is 0 Å². The first-order valence-corrected chi connectivity index (χ1v) is 9.78. The molecule has 0 aliphatic rings. The van der Waals surface area contributed by atoms with Crippen molar-refractivity contribution >= 4 is 28.3 Å². The first-order chi connectivity index (χ1) is 9.13. The lowest BCUT2D eigenvalue weighted by Gasteiger charge is -2.19. The molecule has 2 aromatic rings. The van der Waals surface area contributed by atoms with E-state index in [9.17, 15) is 4.57 Å². The Hall–Kier alpha value is -0.980. The molecule has 0 aliphatic carbocycles. The molecule has 0 N–H and O–H groups in total. The van der Waals surface area contributed by atoms with Crippen LogP contribution in [-0.2, 0) is 4.57 Å². The Morgan fingerprint density at radius 3 is 1.68 bits per heavy atom. The zero-order chi connectivity index (χ0) is 13.7. The zero-order valence-electron chi connectivity index (χ0n) is 11.3. The van der Waals surface area contributed by atoms with Gasteiger partial charge in [0.15, 0.2) is 6.34 Å². The van der Waals surface area contributed by atoms with Crippen molar-refractivity contribution in [1.82, 2.24) is 0 Å². The lowest BCUT2D eigenvalue weighted by Crippen LogP contribution is -2.14. The van der Waals surface area contributed by atoms with E-state index in [4.69, 9.17) is 0 Å².